The molecule has 0 aliphatic carbocycles. The van der Waals surface area contributed by atoms with Gasteiger partial charge in [-0.15, -0.1) is 0 Å². The van der Waals surface area contributed by atoms with E-state index in [2.05, 4.69) is 20.7 Å². The second-order valence-corrected chi connectivity index (χ2v) is 3.70. The first-order valence-corrected chi connectivity index (χ1v) is 5.17. The van der Waals surface area contributed by atoms with Crippen LogP contribution in [0, 0.1) is 0 Å². The van der Waals surface area contributed by atoms with Crippen LogP contribution in [0.2, 0.25) is 0 Å². The topological polar surface area (TPSA) is 71.8 Å². The number of carbonyl (C=O) groups is 1. The number of carbonyl (C=O) groups excluding carboxylic acids is 1. The van der Waals surface area contributed by atoms with Gasteiger partial charge in [0.15, 0.2) is 0 Å². The van der Waals surface area contributed by atoms with E-state index < -0.39 is 0 Å². The molecule has 1 fully saturated rings. The van der Waals surface area contributed by atoms with Crippen LogP contribution in [0.15, 0.2) is 12.7 Å². The summed E-state index contributed by atoms with van der Waals surface area (Å²) in [6, 6.07) is 0.259. The monoisotopic (exact) mass is 209 g/mol. The summed E-state index contributed by atoms with van der Waals surface area (Å²) >= 11 is 0. The van der Waals surface area contributed by atoms with Gasteiger partial charge in [-0.1, -0.05) is 0 Å². The van der Waals surface area contributed by atoms with Crippen molar-refractivity contribution in [2.24, 2.45) is 0 Å². The van der Waals surface area contributed by atoms with Gasteiger partial charge in [0.2, 0.25) is 5.91 Å². The van der Waals surface area contributed by atoms with Crippen LogP contribution < -0.4 is 10.6 Å². The lowest BCUT2D eigenvalue weighted by molar-refractivity contribution is -0.122. The molecule has 6 nitrogen and oxygen atoms in total. The maximum atomic E-state index is 11.6. The summed E-state index contributed by atoms with van der Waals surface area (Å²) < 4.78 is 1.52. The van der Waals surface area contributed by atoms with E-state index in [1.165, 1.54) is 11.0 Å². The van der Waals surface area contributed by atoms with Gasteiger partial charge in [-0.2, -0.15) is 5.10 Å². The van der Waals surface area contributed by atoms with Crippen LogP contribution in [-0.4, -0.2) is 39.8 Å². The minimum atomic E-state index is -0.00537. The molecule has 0 bridgehead atoms. The van der Waals surface area contributed by atoms with Crippen molar-refractivity contribution in [3.8, 4) is 0 Å². The summed E-state index contributed by atoms with van der Waals surface area (Å²) in [5.41, 5.74) is 0. The summed E-state index contributed by atoms with van der Waals surface area (Å²) in [4.78, 5) is 15.3. The van der Waals surface area contributed by atoms with E-state index in [0.717, 1.165) is 25.9 Å². The normalized spacial score (nSPS) is 21.2. The average molecular weight is 209 g/mol. The van der Waals surface area contributed by atoms with Crippen LogP contribution in [0.5, 0.6) is 0 Å². The molecule has 0 unspecified atom stereocenters. The second-order valence-electron chi connectivity index (χ2n) is 3.70. The van der Waals surface area contributed by atoms with Gasteiger partial charge in [-0.3, -0.25) is 4.79 Å². The fourth-order valence-corrected chi connectivity index (χ4v) is 1.71. The van der Waals surface area contributed by atoms with Crippen molar-refractivity contribution in [3.63, 3.8) is 0 Å². The number of amides is 1. The smallest absolute Gasteiger partial charge is 0.242 e. The van der Waals surface area contributed by atoms with Crippen molar-refractivity contribution in [1.82, 2.24) is 25.4 Å². The molecule has 1 aliphatic rings. The van der Waals surface area contributed by atoms with Gasteiger partial charge >= 0.3 is 0 Å². The zero-order chi connectivity index (χ0) is 10.5. The molecule has 2 N–H and O–H groups in total. The summed E-state index contributed by atoms with van der Waals surface area (Å²) in [7, 11) is 0. The Bertz CT molecular complexity index is 304. The van der Waals surface area contributed by atoms with Gasteiger partial charge in [0, 0.05) is 12.6 Å². The molecule has 0 saturated carbocycles. The van der Waals surface area contributed by atoms with E-state index in [4.69, 9.17) is 0 Å². The molecule has 82 valence electrons. The zero-order valence-electron chi connectivity index (χ0n) is 8.52. The van der Waals surface area contributed by atoms with Gasteiger partial charge in [0.25, 0.3) is 0 Å². The third-order valence-corrected chi connectivity index (χ3v) is 2.43. The van der Waals surface area contributed by atoms with Crippen LogP contribution in [0.1, 0.15) is 12.8 Å². The Morgan fingerprint density at radius 2 is 2.60 bits per heavy atom. The van der Waals surface area contributed by atoms with Gasteiger partial charge in [-0.05, 0) is 19.4 Å². The van der Waals surface area contributed by atoms with Gasteiger partial charge in [0.05, 0.1) is 0 Å². The van der Waals surface area contributed by atoms with Crippen LogP contribution in [0.25, 0.3) is 0 Å². The fourth-order valence-electron chi connectivity index (χ4n) is 1.71. The van der Waals surface area contributed by atoms with Crippen molar-refractivity contribution in [3.05, 3.63) is 12.7 Å². The highest BCUT2D eigenvalue weighted by atomic mass is 16.2. The third kappa shape index (κ3) is 3.02. The highest BCUT2D eigenvalue weighted by molar-refractivity contribution is 5.75. The number of nitrogens with zero attached hydrogens (tertiary/aromatic N) is 3. The Hall–Kier alpha value is -1.43. The predicted molar refractivity (Wildman–Crippen MR) is 54.1 cm³/mol. The van der Waals surface area contributed by atoms with E-state index in [1.54, 1.807) is 6.33 Å². The first-order chi connectivity index (χ1) is 7.34. The molecule has 1 atom stereocenters. The molecule has 1 saturated heterocycles. The van der Waals surface area contributed by atoms with Gasteiger partial charge < -0.3 is 10.6 Å². The van der Waals surface area contributed by atoms with Crippen LogP contribution in [0.3, 0.4) is 0 Å². The molecule has 1 amide bonds. The van der Waals surface area contributed by atoms with Crippen LogP contribution in [-0.2, 0) is 11.3 Å². The Labute approximate surface area is 88.1 Å². The minimum Gasteiger partial charge on any atom is -0.350 e. The summed E-state index contributed by atoms with van der Waals surface area (Å²) in [6.45, 7) is 2.16. The standard InChI is InChI=1S/C9H15N5O/c15-9(5-14-7-11-6-12-14)13-8-2-1-3-10-4-8/h6-8,10H,1-5H2,(H,13,15)/t8-/m1/s1. The van der Waals surface area contributed by atoms with E-state index >= 15 is 0 Å². The number of piperidine rings is 1. The lowest BCUT2D eigenvalue weighted by atomic mass is 10.1. The zero-order valence-corrected chi connectivity index (χ0v) is 8.52. The largest absolute Gasteiger partial charge is 0.350 e. The van der Waals surface area contributed by atoms with Crippen LogP contribution >= 0.6 is 0 Å². The summed E-state index contributed by atoms with van der Waals surface area (Å²) in [5.74, 6) is -0.00537. The first-order valence-electron chi connectivity index (χ1n) is 5.17. The Morgan fingerprint density at radius 3 is 3.27 bits per heavy atom. The number of rotatable bonds is 3. The molecule has 1 aliphatic heterocycles. The summed E-state index contributed by atoms with van der Waals surface area (Å²) in [6.07, 6.45) is 5.14. The molecule has 2 heterocycles. The molecule has 1 aromatic heterocycles. The molecule has 0 spiro atoms. The molecular weight excluding hydrogens is 194 g/mol. The Morgan fingerprint density at radius 1 is 1.67 bits per heavy atom. The van der Waals surface area contributed by atoms with Crippen molar-refractivity contribution in [2.75, 3.05) is 13.1 Å². The fraction of sp³-hybridized carbons (Fsp3) is 0.667. The highest BCUT2D eigenvalue weighted by Gasteiger charge is 2.15. The SMILES string of the molecule is O=C(Cn1cncn1)N[C@@H]1CCCNC1. The molecule has 0 radical (unpaired) electrons. The van der Waals surface area contributed by atoms with Crippen molar-refractivity contribution >= 4 is 5.91 Å². The summed E-state index contributed by atoms with van der Waals surface area (Å²) in [5, 5.41) is 10.1. The van der Waals surface area contributed by atoms with Crippen LogP contribution in [0.4, 0.5) is 0 Å². The van der Waals surface area contributed by atoms with Gasteiger partial charge in [-0.25, -0.2) is 9.67 Å². The molecule has 15 heavy (non-hydrogen) atoms. The molecular formula is C9H15N5O. The molecule has 0 aromatic carbocycles. The van der Waals surface area contributed by atoms with Crippen molar-refractivity contribution in [1.29, 1.82) is 0 Å². The number of hydrogen-bond acceptors (Lipinski definition) is 4. The van der Waals surface area contributed by atoms with Gasteiger partial charge in [0.1, 0.15) is 19.2 Å². The van der Waals surface area contributed by atoms with E-state index in [0.29, 0.717) is 0 Å². The first kappa shape index (κ1) is 10.1. The lowest BCUT2D eigenvalue weighted by Gasteiger charge is -2.23. The quantitative estimate of drug-likeness (QED) is 0.680. The predicted octanol–water partition coefficient (Wildman–Crippen LogP) is -0.854. The van der Waals surface area contributed by atoms with Crippen molar-refractivity contribution in [2.45, 2.75) is 25.4 Å². The molecule has 1 aromatic rings. The number of aromatic nitrogens is 3. The Kier molecular flexibility index (Phi) is 3.29. The minimum absolute atomic E-state index is 0.00537. The van der Waals surface area contributed by atoms with E-state index in [1.807, 2.05) is 0 Å². The highest BCUT2D eigenvalue weighted by Crippen LogP contribution is 2.00. The maximum Gasteiger partial charge on any atom is 0.242 e. The maximum absolute atomic E-state index is 11.6. The third-order valence-electron chi connectivity index (χ3n) is 2.43. The number of hydrogen-bond donors (Lipinski definition) is 2. The molecule has 2 rings (SSSR count). The van der Waals surface area contributed by atoms with E-state index in [9.17, 15) is 4.79 Å². The van der Waals surface area contributed by atoms with Crippen molar-refractivity contribution < 1.29 is 4.79 Å². The van der Waals surface area contributed by atoms with E-state index in [-0.39, 0.29) is 18.5 Å². The average Bonchev–Trinajstić information content (AvgIpc) is 2.71. The Balaban J connectivity index is 1.76. The number of nitrogens with one attached hydrogen (secondary N) is 2. The molecule has 6 heteroatoms. The second kappa shape index (κ2) is 4.88. The lowest BCUT2D eigenvalue weighted by Crippen LogP contribution is -2.46.